The number of carbonyl (C=O) groups is 1. The predicted octanol–water partition coefficient (Wildman–Crippen LogP) is 0.781. The van der Waals surface area contributed by atoms with Gasteiger partial charge in [0.15, 0.2) is 0 Å². The molecule has 3 aliphatic rings. The minimum atomic E-state index is 0.169. The third-order valence-electron chi connectivity index (χ3n) is 4.54. The SMILES string of the molecule is O=C1[C@H]2CN(c3ncccn3)C[C@H]2CN1CC1CC1. The Morgan fingerprint density at radius 2 is 1.95 bits per heavy atom. The molecule has 0 spiro atoms. The Bertz CT molecular complexity index is 487. The summed E-state index contributed by atoms with van der Waals surface area (Å²) < 4.78 is 0. The maximum Gasteiger partial charge on any atom is 0.227 e. The molecule has 5 heteroatoms. The highest BCUT2D eigenvalue weighted by Gasteiger charge is 2.47. The maximum atomic E-state index is 12.4. The molecule has 0 unspecified atom stereocenters. The number of rotatable bonds is 3. The van der Waals surface area contributed by atoms with Crippen LogP contribution in [0, 0.1) is 17.8 Å². The van der Waals surface area contributed by atoms with Crippen LogP contribution in [-0.2, 0) is 4.79 Å². The van der Waals surface area contributed by atoms with Gasteiger partial charge in [-0.05, 0) is 24.8 Å². The Labute approximate surface area is 112 Å². The van der Waals surface area contributed by atoms with Gasteiger partial charge in [-0.15, -0.1) is 0 Å². The fourth-order valence-corrected chi connectivity index (χ4v) is 3.34. The maximum absolute atomic E-state index is 12.4. The summed E-state index contributed by atoms with van der Waals surface area (Å²) in [6, 6.07) is 1.82. The van der Waals surface area contributed by atoms with Crippen molar-refractivity contribution in [3.05, 3.63) is 18.5 Å². The van der Waals surface area contributed by atoms with Crippen LogP contribution in [-0.4, -0.2) is 47.0 Å². The van der Waals surface area contributed by atoms with E-state index in [0.29, 0.717) is 11.8 Å². The fourth-order valence-electron chi connectivity index (χ4n) is 3.34. The molecule has 2 saturated heterocycles. The van der Waals surface area contributed by atoms with Gasteiger partial charge in [0.25, 0.3) is 0 Å². The molecule has 0 bridgehead atoms. The number of nitrogens with zero attached hydrogens (tertiary/aromatic N) is 4. The van der Waals surface area contributed by atoms with Gasteiger partial charge < -0.3 is 9.80 Å². The summed E-state index contributed by atoms with van der Waals surface area (Å²) in [5.74, 6) is 2.54. The summed E-state index contributed by atoms with van der Waals surface area (Å²) in [4.78, 5) is 25.2. The molecule has 2 atom stereocenters. The quantitative estimate of drug-likeness (QED) is 0.804. The van der Waals surface area contributed by atoms with Gasteiger partial charge in [-0.3, -0.25) is 4.79 Å². The van der Waals surface area contributed by atoms with Crippen LogP contribution in [0.2, 0.25) is 0 Å². The number of hydrogen-bond acceptors (Lipinski definition) is 4. The van der Waals surface area contributed by atoms with Crippen molar-refractivity contribution in [3.8, 4) is 0 Å². The van der Waals surface area contributed by atoms with Crippen molar-refractivity contribution in [2.45, 2.75) is 12.8 Å². The lowest BCUT2D eigenvalue weighted by Crippen LogP contribution is -2.34. The van der Waals surface area contributed by atoms with Gasteiger partial charge >= 0.3 is 0 Å². The molecule has 1 amide bonds. The zero-order valence-corrected chi connectivity index (χ0v) is 10.9. The van der Waals surface area contributed by atoms with E-state index in [1.807, 2.05) is 6.07 Å². The first-order valence-electron chi connectivity index (χ1n) is 7.12. The van der Waals surface area contributed by atoms with E-state index in [0.717, 1.165) is 38.0 Å². The molecule has 0 aromatic carbocycles. The highest BCUT2D eigenvalue weighted by molar-refractivity contribution is 5.83. The summed E-state index contributed by atoms with van der Waals surface area (Å²) in [6.07, 6.45) is 6.14. The Hall–Kier alpha value is -1.65. The first kappa shape index (κ1) is 11.2. The Kier molecular flexibility index (Phi) is 2.47. The Morgan fingerprint density at radius 1 is 1.16 bits per heavy atom. The molecule has 2 aliphatic heterocycles. The number of aromatic nitrogens is 2. The van der Waals surface area contributed by atoms with Crippen molar-refractivity contribution in [2.24, 2.45) is 17.8 Å². The molecular weight excluding hydrogens is 240 g/mol. The molecule has 1 aromatic heterocycles. The van der Waals surface area contributed by atoms with E-state index in [9.17, 15) is 4.79 Å². The highest BCUT2D eigenvalue weighted by atomic mass is 16.2. The molecule has 1 aliphatic carbocycles. The monoisotopic (exact) mass is 258 g/mol. The second-order valence-corrected chi connectivity index (χ2v) is 6.01. The largest absolute Gasteiger partial charge is 0.342 e. The second kappa shape index (κ2) is 4.18. The molecule has 1 saturated carbocycles. The van der Waals surface area contributed by atoms with E-state index in [-0.39, 0.29) is 5.92 Å². The van der Waals surface area contributed by atoms with E-state index in [1.54, 1.807) is 12.4 Å². The van der Waals surface area contributed by atoms with Crippen LogP contribution in [0.3, 0.4) is 0 Å². The average molecular weight is 258 g/mol. The lowest BCUT2D eigenvalue weighted by atomic mass is 10.0. The number of fused-ring (bicyclic) bond motifs is 1. The minimum absolute atomic E-state index is 0.169. The van der Waals surface area contributed by atoms with Gasteiger partial charge in [0.1, 0.15) is 0 Å². The van der Waals surface area contributed by atoms with Crippen molar-refractivity contribution in [2.75, 3.05) is 31.1 Å². The van der Waals surface area contributed by atoms with E-state index < -0.39 is 0 Å². The van der Waals surface area contributed by atoms with Gasteiger partial charge in [-0.2, -0.15) is 0 Å². The Morgan fingerprint density at radius 3 is 2.63 bits per heavy atom. The number of carbonyl (C=O) groups excluding carboxylic acids is 1. The number of likely N-dealkylation sites (tertiary alicyclic amines) is 1. The topological polar surface area (TPSA) is 49.3 Å². The summed E-state index contributed by atoms with van der Waals surface area (Å²) in [6.45, 7) is 3.63. The molecule has 3 heterocycles. The number of anilines is 1. The van der Waals surface area contributed by atoms with E-state index in [1.165, 1.54) is 12.8 Å². The molecule has 0 radical (unpaired) electrons. The zero-order valence-electron chi connectivity index (χ0n) is 10.9. The fraction of sp³-hybridized carbons (Fsp3) is 0.643. The Balaban J connectivity index is 1.45. The molecular formula is C14H18N4O. The van der Waals surface area contributed by atoms with Gasteiger partial charge in [0.2, 0.25) is 11.9 Å². The van der Waals surface area contributed by atoms with E-state index in [4.69, 9.17) is 0 Å². The van der Waals surface area contributed by atoms with E-state index >= 15 is 0 Å². The zero-order chi connectivity index (χ0) is 12.8. The summed E-state index contributed by atoms with van der Waals surface area (Å²) in [7, 11) is 0. The van der Waals surface area contributed by atoms with Crippen LogP contribution < -0.4 is 4.90 Å². The van der Waals surface area contributed by atoms with Gasteiger partial charge in [0.05, 0.1) is 5.92 Å². The second-order valence-electron chi connectivity index (χ2n) is 6.01. The van der Waals surface area contributed by atoms with Crippen LogP contribution in [0.25, 0.3) is 0 Å². The van der Waals surface area contributed by atoms with Crippen LogP contribution >= 0.6 is 0 Å². The summed E-state index contributed by atoms with van der Waals surface area (Å²) >= 11 is 0. The molecule has 4 rings (SSSR count). The summed E-state index contributed by atoms with van der Waals surface area (Å²) in [5, 5.41) is 0. The van der Waals surface area contributed by atoms with Crippen molar-refractivity contribution in [1.82, 2.24) is 14.9 Å². The average Bonchev–Trinajstić information content (AvgIpc) is 3.08. The lowest BCUT2D eigenvalue weighted by molar-refractivity contribution is -0.130. The molecule has 3 fully saturated rings. The molecule has 19 heavy (non-hydrogen) atoms. The highest BCUT2D eigenvalue weighted by Crippen LogP contribution is 2.37. The molecule has 0 N–H and O–H groups in total. The van der Waals surface area contributed by atoms with Crippen LogP contribution in [0.5, 0.6) is 0 Å². The first-order valence-corrected chi connectivity index (χ1v) is 7.12. The third kappa shape index (κ3) is 1.97. The van der Waals surface area contributed by atoms with E-state index in [2.05, 4.69) is 19.8 Å². The smallest absolute Gasteiger partial charge is 0.227 e. The van der Waals surface area contributed by atoms with Crippen molar-refractivity contribution >= 4 is 11.9 Å². The third-order valence-corrected chi connectivity index (χ3v) is 4.54. The van der Waals surface area contributed by atoms with Crippen molar-refractivity contribution in [1.29, 1.82) is 0 Å². The van der Waals surface area contributed by atoms with Crippen LogP contribution in [0.15, 0.2) is 18.5 Å². The lowest BCUT2D eigenvalue weighted by Gasteiger charge is -2.21. The normalized spacial score (nSPS) is 30.0. The van der Waals surface area contributed by atoms with Crippen molar-refractivity contribution in [3.63, 3.8) is 0 Å². The molecule has 100 valence electrons. The minimum Gasteiger partial charge on any atom is -0.342 e. The molecule has 1 aromatic rings. The van der Waals surface area contributed by atoms with Crippen LogP contribution in [0.4, 0.5) is 5.95 Å². The van der Waals surface area contributed by atoms with Gasteiger partial charge in [-0.1, -0.05) is 0 Å². The predicted molar refractivity (Wildman–Crippen MR) is 70.5 cm³/mol. The first-order chi connectivity index (χ1) is 9.31. The molecule has 5 nitrogen and oxygen atoms in total. The summed E-state index contributed by atoms with van der Waals surface area (Å²) in [5.41, 5.74) is 0. The van der Waals surface area contributed by atoms with Gasteiger partial charge in [-0.25, -0.2) is 9.97 Å². The van der Waals surface area contributed by atoms with Gasteiger partial charge in [0, 0.05) is 44.5 Å². The van der Waals surface area contributed by atoms with Crippen molar-refractivity contribution < 1.29 is 4.79 Å². The number of hydrogen-bond donors (Lipinski definition) is 0. The van der Waals surface area contributed by atoms with Crippen LogP contribution in [0.1, 0.15) is 12.8 Å². The standard InChI is InChI=1S/C14H18N4O/c19-13-12-9-18(14-15-4-1-5-16-14)8-11(12)7-17(13)6-10-2-3-10/h1,4-5,10-12H,2-3,6-9H2/t11-,12+/m1/s1. The number of amides is 1.